The van der Waals surface area contributed by atoms with E-state index in [2.05, 4.69) is 50.8 Å². The molecule has 0 heterocycles. The van der Waals surface area contributed by atoms with E-state index in [0.717, 1.165) is 5.92 Å². The van der Waals surface area contributed by atoms with E-state index in [1.165, 1.54) is 6.42 Å². The van der Waals surface area contributed by atoms with Crippen LogP contribution in [-0.2, 0) is 43.1 Å². The molecule has 0 unspecified atom stereocenters. The molecule has 0 amide bonds. The fourth-order valence-electron chi connectivity index (χ4n) is 0.471. The zero-order chi connectivity index (χ0) is 14.0. The Labute approximate surface area is 125 Å². The van der Waals surface area contributed by atoms with Crippen LogP contribution in [0.5, 0.6) is 0 Å². The largest absolute Gasteiger partial charge is 0.331 e. The Hall–Kier alpha value is 1.68. The van der Waals surface area contributed by atoms with E-state index < -0.39 is 13.4 Å². The van der Waals surface area contributed by atoms with Crippen molar-refractivity contribution in [3.63, 3.8) is 0 Å². The molecule has 6 N–H and O–H groups in total. The molecule has 0 aliphatic rings. The minimum Gasteiger partial charge on any atom is -0.331 e. The van der Waals surface area contributed by atoms with Crippen LogP contribution >= 0.6 is 13.4 Å². The summed E-state index contributed by atoms with van der Waals surface area (Å²) < 4.78 is 0. The Morgan fingerprint density at radius 2 is 1.12 bits per heavy atom. The molecule has 17 heavy (non-hydrogen) atoms. The van der Waals surface area contributed by atoms with Gasteiger partial charge in [-0.1, -0.05) is 19.8 Å². The van der Waals surface area contributed by atoms with Crippen LogP contribution in [0.15, 0.2) is 0 Å². The van der Waals surface area contributed by atoms with E-state index in [4.69, 9.17) is 29.4 Å². The predicted molar refractivity (Wildman–Crippen MR) is 71.3 cm³/mol. The third kappa shape index (κ3) is 198. The molecule has 11 heteroatoms. The van der Waals surface area contributed by atoms with Crippen molar-refractivity contribution >= 4 is 37.1 Å². The van der Waals surface area contributed by atoms with Crippen molar-refractivity contribution < 1.29 is 48.8 Å². The van der Waals surface area contributed by atoms with Crippen molar-refractivity contribution in [2.75, 3.05) is 0 Å². The number of rotatable bonds is 2. The molecule has 0 aromatic heterocycles. The van der Waals surface area contributed by atoms with Gasteiger partial charge >= 0.3 is 13.4 Å². The molecule has 0 aromatic carbocycles. The molecule has 0 rings (SSSR count). The first-order valence-corrected chi connectivity index (χ1v) is 9.43. The summed E-state index contributed by atoms with van der Waals surface area (Å²) in [6.45, 7) is -1.07. The van der Waals surface area contributed by atoms with Gasteiger partial charge in [0, 0.05) is 19.5 Å². The van der Waals surface area contributed by atoms with E-state index >= 15 is 0 Å². The van der Waals surface area contributed by atoms with Crippen molar-refractivity contribution in [3.05, 3.63) is 6.42 Å². The summed E-state index contributed by atoms with van der Waals surface area (Å²) in [6.07, 6.45) is 3.45. The van der Waals surface area contributed by atoms with E-state index in [-0.39, 0.29) is 19.5 Å². The Kier molecular flexibility index (Phi) is 22.5. The smallest absolute Gasteiger partial charge is 0.319 e. The average Bonchev–Trinajstić information content (AvgIpc) is 1.76. The van der Waals surface area contributed by atoms with Crippen molar-refractivity contribution in [2.45, 2.75) is 27.2 Å². The minimum atomic E-state index is -3.81. The molecule has 0 radical (unpaired) electrons. The third-order valence-electron chi connectivity index (χ3n) is 0.707. The second kappa shape index (κ2) is 14.1. The summed E-state index contributed by atoms with van der Waals surface area (Å²) >= 11 is 7.21. The van der Waals surface area contributed by atoms with E-state index in [9.17, 15) is 0 Å². The maximum atomic E-state index is 7.56. The minimum absolute atomic E-state index is 0. The van der Waals surface area contributed by atoms with Crippen molar-refractivity contribution in [3.8, 4) is 0 Å². The average molecular weight is 379 g/mol. The maximum absolute atomic E-state index is 7.56. The van der Waals surface area contributed by atoms with E-state index in [0.29, 0.717) is 0 Å². The SMILES string of the molecule is C[CH-]CC(C)C.OP(O)(O)=S.OP(O)(O)=S.[Zn]. The van der Waals surface area contributed by atoms with Gasteiger partial charge in [-0.05, 0) is 23.6 Å². The van der Waals surface area contributed by atoms with Crippen LogP contribution in [0, 0.1) is 12.3 Å². The second-order valence-corrected chi connectivity index (χ2v) is 8.06. The zero-order valence-corrected chi connectivity index (χ0v) is 16.4. The molecule has 0 saturated heterocycles. The maximum Gasteiger partial charge on any atom is 0.319 e. The second-order valence-electron chi connectivity index (χ2n) is 3.06. The van der Waals surface area contributed by atoms with Gasteiger partial charge in [0.25, 0.3) is 0 Å². The summed E-state index contributed by atoms with van der Waals surface area (Å²) in [7, 11) is 0. The quantitative estimate of drug-likeness (QED) is 0.235. The summed E-state index contributed by atoms with van der Waals surface area (Å²) in [5.41, 5.74) is 0. The Bertz CT molecular complexity index is 204. The van der Waals surface area contributed by atoms with Gasteiger partial charge in [0.1, 0.15) is 0 Å². The molecular weight excluding hydrogens is 360 g/mol. The van der Waals surface area contributed by atoms with Crippen LogP contribution in [0.25, 0.3) is 0 Å². The van der Waals surface area contributed by atoms with Gasteiger partial charge in [-0.2, -0.15) is 13.3 Å². The van der Waals surface area contributed by atoms with Gasteiger partial charge in [-0.3, -0.25) is 0 Å². The van der Waals surface area contributed by atoms with Gasteiger partial charge in [0.05, 0.1) is 0 Å². The molecular formula is C6H19O6P2S2Zn-. The normalized spacial score (nSPS) is 10.5. The predicted octanol–water partition coefficient (Wildman–Crippen LogP) is 0.630. The van der Waals surface area contributed by atoms with Crippen LogP contribution in [0.4, 0.5) is 0 Å². The zero-order valence-electron chi connectivity index (χ0n) is 9.96. The molecule has 0 saturated carbocycles. The summed E-state index contributed by atoms with van der Waals surface area (Å²) in [6, 6.07) is 0. The van der Waals surface area contributed by atoms with Crippen LogP contribution in [0.3, 0.4) is 0 Å². The fourth-order valence-corrected chi connectivity index (χ4v) is 0.471. The first-order valence-electron chi connectivity index (χ1n) is 4.11. The first kappa shape index (κ1) is 27.1. The topological polar surface area (TPSA) is 121 Å². The first-order chi connectivity index (χ1) is 6.77. The Morgan fingerprint density at radius 1 is 0.941 bits per heavy atom. The van der Waals surface area contributed by atoms with Crippen molar-refractivity contribution in [1.82, 2.24) is 0 Å². The molecule has 0 aromatic rings. The molecule has 0 aliphatic heterocycles. The molecule has 0 aliphatic carbocycles. The summed E-state index contributed by atoms with van der Waals surface area (Å²) in [4.78, 5) is 45.3. The van der Waals surface area contributed by atoms with Gasteiger partial charge in [-0.15, -0.1) is 0 Å². The number of hydrogen-bond donors (Lipinski definition) is 6. The summed E-state index contributed by atoms with van der Waals surface area (Å²) in [5.74, 6) is 0.843. The third-order valence-corrected chi connectivity index (χ3v) is 0.707. The van der Waals surface area contributed by atoms with Crippen molar-refractivity contribution in [1.29, 1.82) is 0 Å². The molecule has 6 nitrogen and oxygen atoms in total. The Morgan fingerprint density at radius 3 is 1.12 bits per heavy atom. The van der Waals surface area contributed by atoms with Crippen molar-refractivity contribution in [2.24, 2.45) is 5.92 Å². The van der Waals surface area contributed by atoms with Crippen LogP contribution in [0.2, 0.25) is 0 Å². The fraction of sp³-hybridized carbons (Fsp3) is 0.833. The van der Waals surface area contributed by atoms with E-state index in [1.54, 1.807) is 0 Å². The van der Waals surface area contributed by atoms with Crippen LogP contribution in [-0.4, -0.2) is 29.4 Å². The number of hydrogen-bond acceptors (Lipinski definition) is 2. The monoisotopic (exact) mass is 377 g/mol. The molecule has 104 valence electrons. The Balaban J connectivity index is -0.0000000729. The molecule has 0 bridgehead atoms. The van der Waals surface area contributed by atoms with Gasteiger partial charge in [0.2, 0.25) is 0 Å². The van der Waals surface area contributed by atoms with Crippen LogP contribution < -0.4 is 0 Å². The van der Waals surface area contributed by atoms with Gasteiger partial charge < -0.3 is 35.8 Å². The van der Waals surface area contributed by atoms with Gasteiger partial charge in [0.15, 0.2) is 0 Å². The van der Waals surface area contributed by atoms with E-state index in [1.807, 2.05) is 0 Å². The molecule has 0 atom stereocenters. The summed E-state index contributed by atoms with van der Waals surface area (Å²) in [5, 5.41) is 0. The molecule has 0 spiro atoms. The van der Waals surface area contributed by atoms with Gasteiger partial charge in [-0.25, -0.2) is 0 Å². The van der Waals surface area contributed by atoms with Crippen LogP contribution in [0.1, 0.15) is 27.2 Å². The molecule has 0 fully saturated rings. The standard InChI is InChI=1S/C6H13.2H3O3PS.Zn/c1-4-5-6(2)3;2*1-4(2,3)5;/h4,6H,5H2,1-3H3;2*(H3,1,2,3,5);/q-1;;;.